The molecule has 0 unspecified atom stereocenters. The van der Waals surface area contributed by atoms with Crippen LogP contribution in [0.15, 0.2) is 27.4 Å². The number of hydrogen-bond acceptors (Lipinski definition) is 6. The van der Waals surface area contributed by atoms with Crippen LogP contribution < -0.4 is 0 Å². The number of nitrogens with zero attached hydrogens (tertiary/aromatic N) is 2. The van der Waals surface area contributed by atoms with Crippen LogP contribution in [0.1, 0.15) is 25.3 Å². The largest absolute Gasteiger partial charge is 0.409 e. The molecular formula is C12H16N2O2S2. The molecule has 0 saturated carbocycles. The SMILES string of the molecule is C=N/C(OC=O)=C(/CC(C)C)SCc1nccs1. The molecular weight excluding hydrogens is 268 g/mol. The summed E-state index contributed by atoms with van der Waals surface area (Å²) in [7, 11) is 0. The minimum atomic E-state index is 0.306. The van der Waals surface area contributed by atoms with Crippen LogP contribution in [0, 0.1) is 5.92 Å². The summed E-state index contributed by atoms with van der Waals surface area (Å²) < 4.78 is 4.86. The van der Waals surface area contributed by atoms with Gasteiger partial charge in [-0.1, -0.05) is 13.8 Å². The fourth-order valence-electron chi connectivity index (χ4n) is 1.29. The van der Waals surface area contributed by atoms with Gasteiger partial charge < -0.3 is 4.74 Å². The van der Waals surface area contributed by atoms with Crippen molar-refractivity contribution >= 4 is 36.3 Å². The predicted molar refractivity (Wildman–Crippen MR) is 76.6 cm³/mol. The molecule has 18 heavy (non-hydrogen) atoms. The van der Waals surface area contributed by atoms with Gasteiger partial charge in [0, 0.05) is 16.5 Å². The van der Waals surface area contributed by atoms with Gasteiger partial charge in [-0.05, 0) is 19.1 Å². The molecule has 4 nitrogen and oxygen atoms in total. The van der Waals surface area contributed by atoms with Crippen LogP contribution in [-0.2, 0) is 15.3 Å². The van der Waals surface area contributed by atoms with Crippen molar-refractivity contribution < 1.29 is 9.53 Å². The molecule has 0 amide bonds. The number of carbonyl (C=O) groups excluding carboxylic acids is 1. The Morgan fingerprint density at radius 3 is 3.00 bits per heavy atom. The molecule has 0 aromatic carbocycles. The van der Waals surface area contributed by atoms with E-state index in [-0.39, 0.29) is 0 Å². The topological polar surface area (TPSA) is 51.5 Å². The molecule has 1 aromatic rings. The van der Waals surface area contributed by atoms with Gasteiger partial charge in [0.05, 0.1) is 5.75 Å². The maximum atomic E-state index is 10.4. The first-order valence-electron chi connectivity index (χ1n) is 5.48. The fraction of sp³-hybridized carbons (Fsp3) is 0.417. The third-order valence-corrected chi connectivity index (χ3v) is 4.06. The van der Waals surface area contributed by atoms with E-state index < -0.39 is 0 Å². The average Bonchev–Trinajstić information content (AvgIpc) is 2.84. The first kappa shape index (κ1) is 14.9. The third kappa shape index (κ3) is 5.01. The summed E-state index contributed by atoms with van der Waals surface area (Å²) in [5, 5.41) is 2.98. The number of rotatable bonds is 8. The van der Waals surface area contributed by atoms with Crippen molar-refractivity contribution in [2.75, 3.05) is 0 Å². The van der Waals surface area contributed by atoms with E-state index in [0.717, 1.165) is 22.1 Å². The quantitative estimate of drug-likeness (QED) is 0.417. The molecule has 0 spiro atoms. The number of carbonyl (C=O) groups is 1. The van der Waals surface area contributed by atoms with Gasteiger partial charge in [0.25, 0.3) is 6.47 Å². The highest BCUT2D eigenvalue weighted by molar-refractivity contribution is 8.02. The minimum Gasteiger partial charge on any atom is -0.409 e. The zero-order chi connectivity index (χ0) is 13.4. The van der Waals surface area contributed by atoms with Crippen LogP contribution in [0.3, 0.4) is 0 Å². The molecule has 0 saturated heterocycles. The van der Waals surface area contributed by atoms with Crippen molar-refractivity contribution in [3.05, 3.63) is 27.4 Å². The molecule has 0 radical (unpaired) electrons. The Hall–Kier alpha value is -1.14. The molecule has 0 N–H and O–H groups in total. The summed E-state index contributed by atoms with van der Waals surface area (Å²) in [6.07, 6.45) is 2.58. The molecule has 1 rings (SSSR count). The second-order valence-electron chi connectivity index (χ2n) is 3.91. The van der Waals surface area contributed by atoms with Crippen molar-refractivity contribution in [3.63, 3.8) is 0 Å². The number of aromatic nitrogens is 1. The second kappa shape index (κ2) is 8.05. The van der Waals surface area contributed by atoms with E-state index in [1.54, 1.807) is 29.3 Å². The Labute approximate surface area is 115 Å². The number of thioether (sulfide) groups is 1. The van der Waals surface area contributed by atoms with Crippen molar-refractivity contribution in [1.82, 2.24) is 4.98 Å². The van der Waals surface area contributed by atoms with Gasteiger partial charge in [-0.25, -0.2) is 9.98 Å². The molecule has 0 bridgehead atoms. The van der Waals surface area contributed by atoms with Crippen LogP contribution in [0.2, 0.25) is 0 Å². The molecule has 0 aliphatic heterocycles. The van der Waals surface area contributed by atoms with Crippen molar-refractivity contribution in [2.24, 2.45) is 10.9 Å². The Kier molecular flexibility index (Phi) is 6.67. The maximum absolute atomic E-state index is 10.4. The van der Waals surface area contributed by atoms with E-state index in [1.165, 1.54) is 0 Å². The van der Waals surface area contributed by atoms with E-state index in [2.05, 4.69) is 30.5 Å². The van der Waals surface area contributed by atoms with Gasteiger partial charge in [-0.3, -0.25) is 4.79 Å². The summed E-state index contributed by atoms with van der Waals surface area (Å²) >= 11 is 3.20. The number of thiazole rings is 1. The van der Waals surface area contributed by atoms with Crippen LogP contribution in [0.25, 0.3) is 0 Å². The number of ether oxygens (including phenoxy) is 1. The second-order valence-corrected chi connectivity index (χ2v) is 5.96. The summed E-state index contributed by atoms with van der Waals surface area (Å²) in [6.45, 7) is 8.02. The Bertz CT molecular complexity index is 414. The Morgan fingerprint density at radius 2 is 2.50 bits per heavy atom. The molecule has 1 heterocycles. The highest BCUT2D eigenvalue weighted by atomic mass is 32.2. The predicted octanol–water partition coefficient (Wildman–Crippen LogP) is 3.47. The Morgan fingerprint density at radius 1 is 1.72 bits per heavy atom. The average molecular weight is 284 g/mol. The van der Waals surface area contributed by atoms with Crippen LogP contribution >= 0.6 is 23.1 Å². The zero-order valence-corrected chi connectivity index (χ0v) is 12.1. The molecule has 6 heteroatoms. The zero-order valence-electron chi connectivity index (χ0n) is 10.5. The van der Waals surface area contributed by atoms with Crippen LogP contribution in [0.4, 0.5) is 0 Å². The van der Waals surface area contributed by atoms with Gasteiger partial charge in [0.2, 0.25) is 5.88 Å². The lowest BCUT2D eigenvalue weighted by Gasteiger charge is -2.11. The molecule has 98 valence electrons. The summed E-state index contributed by atoms with van der Waals surface area (Å²) in [5.41, 5.74) is 0. The lowest BCUT2D eigenvalue weighted by molar-refractivity contribution is -0.125. The molecule has 0 aliphatic rings. The van der Waals surface area contributed by atoms with Crippen molar-refractivity contribution in [3.8, 4) is 0 Å². The highest BCUT2D eigenvalue weighted by Gasteiger charge is 2.11. The number of allylic oxidation sites excluding steroid dienone is 1. The lowest BCUT2D eigenvalue weighted by Crippen LogP contribution is -1.97. The van der Waals surface area contributed by atoms with Crippen molar-refractivity contribution in [2.45, 2.75) is 26.0 Å². The Balaban J connectivity index is 2.76. The minimum absolute atomic E-state index is 0.306. The first-order chi connectivity index (χ1) is 8.67. The van der Waals surface area contributed by atoms with E-state index in [9.17, 15) is 4.79 Å². The maximum Gasteiger partial charge on any atom is 0.299 e. The van der Waals surface area contributed by atoms with E-state index in [1.807, 2.05) is 5.38 Å². The van der Waals surface area contributed by atoms with Crippen LogP contribution in [0.5, 0.6) is 0 Å². The molecule has 0 atom stereocenters. The molecule has 0 aliphatic carbocycles. The van der Waals surface area contributed by atoms with E-state index in [0.29, 0.717) is 18.3 Å². The van der Waals surface area contributed by atoms with Gasteiger partial charge in [0.15, 0.2) is 0 Å². The van der Waals surface area contributed by atoms with Gasteiger partial charge in [-0.15, -0.1) is 23.1 Å². The number of aliphatic imine (C=N–C) groups is 1. The first-order valence-corrected chi connectivity index (χ1v) is 7.35. The molecule has 1 aromatic heterocycles. The standard InChI is InChI=1S/C12H16N2O2S2/c1-9(2)6-10(12(13-3)16-8-15)18-7-11-14-4-5-17-11/h4-5,8-9H,3,6-7H2,1-2H3/b12-10+. The number of hydrogen-bond donors (Lipinski definition) is 0. The summed E-state index contributed by atoms with van der Waals surface area (Å²) in [4.78, 5) is 19.4. The van der Waals surface area contributed by atoms with E-state index >= 15 is 0 Å². The molecule has 0 fully saturated rings. The van der Waals surface area contributed by atoms with Gasteiger partial charge in [-0.2, -0.15) is 0 Å². The van der Waals surface area contributed by atoms with Crippen LogP contribution in [-0.4, -0.2) is 18.2 Å². The summed E-state index contributed by atoms with van der Waals surface area (Å²) in [5.74, 6) is 1.51. The monoisotopic (exact) mass is 284 g/mol. The highest BCUT2D eigenvalue weighted by Crippen LogP contribution is 2.31. The van der Waals surface area contributed by atoms with Crippen molar-refractivity contribution in [1.29, 1.82) is 0 Å². The third-order valence-electron chi connectivity index (χ3n) is 1.99. The lowest BCUT2D eigenvalue weighted by atomic mass is 10.1. The van der Waals surface area contributed by atoms with E-state index in [4.69, 9.17) is 4.74 Å². The van der Waals surface area contributed by atoms with Gasteiger partial charge >= 0.3 is 0 Å². The smallest absolute Gasteiger partial charge is 0.299 e. The fourth-order valence-corrected chi connectivity index (χ4v) is 3.20. The normalized spacial score (nSPS) is 12.2. The van der Waals surface area contributed by atoms with Gasteiger partial charge in [0.1, 0.15) is 5.01 Å². The summed E-state index contributed by atoms with van der Waals surface area (Å²) in [6, 6.07) is 0.